The predicted molar refractivity (Wildman–Crippen MR) is 88.7 cm³/mol. The van der Waals surface area contributed by atoms with Crippen LogP contribution in [0, 0.1) is 0 Å². The lowest BCUT2D eigenvalue weighted by Crippen LogP contribution is -1.98. The summed E-state index contributed by atoms with van der Waals surface area (Å²) in [6.45, 7) is 18.3. The highest BCUT2D eigenvalue weighted by Gasteiger charge is 2.07. The third-order valence-corrected chi connectivity index (χ3v) is 3.12. The van der Waals surface area contributed by atoms with E-state index >= 15 is 0 Å². The third kappa shape index (κ3) is 5.30. The molecule has 1 aromatic carbocycles. The Morgan fingerprint density at radius 3 is 2.16 bits per heavy atom. The van der Waals surface area contributed by atoms with Crippen molar-refractivity contribution in [2.24, 2.45) is 0 Å². The third-order valence-electron chi connectivity index (χ3n) is 3.12. The quantitative estimate of drug-likeness (QED) is 0.561. The Balaban J connectivity index is 0.00000154. The minimum absolute atomic E-state index is 0.557. The second-order valence-corrected chi connectivity index (χ2v) is 4.65. The molecular weight excluding hydrogens is 228 g/mol. The summed E-state index contributed by atoms with van der Waals surface area (Å²) in [4.78, 5) is 0. The van der Waals surface area contributed by atoms with E-state index in [1.807, 2.05) is 26.0 Å². The molecule has 0 aliphatic heterocycles. The van der Waals surface area contributed by atoms with E-state index in [-0.39, 0.29) is 0 Å². The van der Waals surface area contributed by atoms with E-state index < -0.39 is 0 Å². The molecule has 0 radical (unpaired) electrons. The highest BCUT2D eigenvalue weighted by Crippen LogP contribution is 2.23. The molecule has 0 bridgehead atoms. The van der Waals surface area contributed by atoms with E-state index in [1.54, 1.807) is 0 Å². The van der Waals surface area contributed by atoms with Crippen molar-refractivity contribution < 1.29 is 0 Å². The first-order valence-corrected chi connectivity index (χ1v) is 7.12. The van der Waals surface area contributed by atoms with Crippen molar-refractivity contribution in [1.82, 2.24) is 0 Å². The topological polar surface area (TPSA) is 0 Å². The molecule has 0 spiro atoms. The Morgan fingerprint density at radius 1 is 1.11 bits per heavy atom. The van der Waals surface area contributed by atoms with Gasteiger partial charge >= 0.3 is 0 Å². The molecule has 104 valence electrons. The number of hydrogen-bond acceptors (Lipinski definition) is 0. The highest BCUT2D eigenvalue weighted by atomic mass is 14.1. The lowest BCUT2D eigenvalue weighted by molar-refractivity contribution is 0.848. The molecule has 0 nitrogen and oxygen atoms in total. The van der Waals surface area contributed by atoms with Crippen LogP contribution in [0.1, 0.15) is 51.7 Å². The molecule has 0 N–H and O–H groups in total. The zero-order valence-corrected chi connectivity index (χ0v) is 13.2. The lowest BCUT2D eigenvalue weighted by atomic mass is 9.91. The second kappa shape index (κ2) is 9.38. The summed E-state index contributed by atoms with van der Waals surface area (Å²) in [6.07, 6.45) is 4.78. The zero-order chi connectivity index (χ0) is 14.8. The van der Waals surface area contributed by atoms with Crippen molar-refractivity contribution in [3.8, 4) is 0 Å². The smallest absolute Gasteiger partial charge is 0.00205 e. The van der Waals surface area contributed by atoms with Crippen LogP contribution >= 0.6 is 0 Å². The van der Waals surface area contributed by atoms with Gasteiger partial charge in [0.25, 0.3) is 0 Å². The van der Waals surface area contributed by atoms with E-state index in [2.05, 4.69) is 58.2 Å². The average molecular weight is 256 g/mol. The van der Waals surface area contributed by atoms with Crippen LogP contribution in [-0.2, 0) is 6.42 Å². The summed E-state index contributed by atoms with van der Waals surface area (Å²) in [5.74, 6) is 0.557. The minimum Gasteiger partial charge on any atom is -0.0988 e. The fourth-order valence-electron chi connectivity index (χ4n) is 1.97. The van der Waals surface area contributed by atoms with Gasteiger partial charge in [0.15, 0.2) is 0 Å². The molecule has 0 aromatic heterocycles. The highest BCUT2D eigenvalue weighted by molar-refractivity contribution is 5.39. The largest absolute Gasteiger partial charge is 0.0988 e. The Hall–Kier alpha value is -1.56. The van der Waals surface area contributed by atoms with Gasteiger partial charge in [-0.1, -0.05) is 77.3 Å². The van der Waals surface area contributed by atoms with E-state index in [1.165, 1.54) is 22.3 Å². The molecule has 0 amide bonds. The molecule has 19 heavy (non-hydrogen) atoms. The Morgan fingerprint density at radius 2 is 1.68 bits per heavy atom. The van der Waals surface area contributed by atoms with Gasteiger partial charge in [-0.3, -0.25) is 0 Å². The van der Waals surface area contributed by atoms with Crippen molar-refractivity contribution in [1.29, 1.82) is 0 Å². The molecule has 0 aliphatic rings. The number of hydrogen-bond donors (Lipinski definition) is 0. The molecule has 0 unspecified atom stereocenters. The van der Waals surface area contributed by atoms with Gasteiger partial charge in [0.2, 0.25) is 0 Å². The van der Waals surface area contributed by atoms with Crippen molar-refractivity contribution in [3.63, 3.8) is 0 Å². The van der Waals surface area contributed by atoms with Crippen molar-refractivity contribution >= 4 is 0 Å². The Kier molecular flexibility index (Phi) is 8.61. The van der Waals surface area contributed by atoms with Crippen LogP contribution in [0.4, 0.5) is 0 Å². The fourth-order valence-corrected chi connectivity index (χ4v) is 1.97. The van der Waals surface area contributed by atoms with Crippen molar-refractivity contribution in [2.75, 3.05) is 0 Å². The van der Waals surface area contributed by atoms with E-state index in [9.17, 15) is 0 Å². The number of allylic oxidation sites excluding steroid dienone is 4. The van der Waals surface area contributed by atoms with Crippen LogP contribution in [0.3, 0.4) is 0 Å². The summed E-state index contributed by atoms with van der Waals surface area (Å²) in [6, 6.07) is 8.63. The summed E-state index contributed by atoms with van der Waals surface area (Å²) in [7, 11) is 0. The van der Waals surface area contributed by atoms with Crippen LogP contribution in [0.15, 0.2) is 60.7 Å². The van der Waals surface area contributed by atoms with Gasteiger partial charge in [0.05, 0.1) is 0 Å². The Bertz CT molecular complexity index is 433. The fraction of sp³-hybridized carbons (Fsp3) is 0.368. The monoisotopic (exact) mass is 256 g/mol. The van der Waals surface area contributed by atoms with Gasteiger partial charge in [-0.2, -0.15) is 0 Å². The van der Waals surface area contributed by atoms with Crippen LogP contribution < -0.4 is 0 Å². The van der Waals surface area contributed by atoms with Crippen LogP contribution in [0.5, 0.6) is 0 Å². The zero-order valence-electron chi connectivity index (χ0n) is 13.2. The van der Waals surface area contributed by atoms with Gasteiger partial charge in [-0.05, 0) is 41.5 Å². The second-order valence-electron chi connectivity index (χ2n) is 4.65. The summed E-state index contributed by atoms with van der Waals surface area (Å²) < 4.78 is 0. The lowest BCUT2D eigenvalue weighted by Gasteiger charge is -2.14. The molecule has 0 heterocycles. The van der Waals surface area contributed by atoms with Crippen molar-refractivity contribution in [2.45, 2.75) is 47.0 Å². The maximum Gasteiger partial charge on any atom is -0.00205 e. The van der Waals surface area contributed by atoms with Crippen molar-refractivity contribution in [3.05, 3.63) is 71.8 Å². The van der Waals surface area contributed by atoms with Gasteiger partial charge < -0.3 is 0 Å². The molecule has 0 saturated carbocycles. The molecule has 0 atom stereocenters. The van der Waals surface area contributed by atoms with E-state index in [0.717, 1.165) is 6.42 Å². The van der Waals surface area contributed by atoms with E-state index in [4.69, 9.17) is 0 Å². The molecule has 0 heteroatoms. The first kappa shape index (κ1) is 17.4. The summed E-state index contributed by atoms with van der Waals surface area (Å²) in [5, 5.41) is 0. The van der Waals surface area contributed by atoms with Gasteiger partial charge in [-0.25, -0.2) is 0 Å². The standard InChI is InChI=1S/C17H22.C2H6/c1-6-14(5)15(7-2)12-16-10-8-9-11-17(16)13(3)4;1-2/h6-11,13H,1-2,12H2,3-5H3;1-2H3/b15-14+;. The maximum atomic E-state index is 3.90. The predicted octanol–water partition coefficient (Wildman–Crippen LogP) is 6.07. The average Bonchev–Trinajstić information content (AvgIpc) is 2.46. The number of benzene rings is 1. The molecule has 1 rings (SSSR count). The summed E-state index contributed by atoms with van der Waals surface area (Å²) >= 11 is 0. The molecule has 0 fully saturated rings. The molecule has 0 aliphatic carbocycles. The van der Waals surface area contributed by atoms with Gasteiger partial charge in [0, 0.05) is 0 Å². The SMILES string of the molecule is C=C/C(C)=C(\C=C)Cc1ccccc1C(C)C.CC. The number of rotatable bonds is 5. The maximum absolute atomic E-state index is 3.90. The summed E-state index contributed by atoms with van der Waals surface area (Å²) in [5.41, 5.74) is 5.27. The minimum atomic E-state index is 0.557. The van der Waals surface area contributed by atoms with Crippen LogP contribution in [0.25, 0.3) is 0 Å². The van der Waals surface area contributed by atoms with Crippen LogP contribution in [0.2, 0.25) is 0 Å². The van der Waals surface area contributed by atoms with Gasteiger partial charge in [0.1, 0.15) is 0 Å². The normalized spacial score (nSPS) is 11.3. The Labute approximate surface area is 119 Å². The first-order chi connectivity index (χ1) is 9.10. The molecular formula is C19H28. The van der Waals surface area contributed by atoms with E-state index in [0.29, 0.717) is 5.92 Å². The van der Waals surface area contributed by atoms with Crippen LogP contribution in [-0.4, -0.2) is 0 Å². The van der Waals surface area contributed by atoms with Gasteiger partial charge in [-0.15, -0.1) is 0 Å². The molecule has 1 aromatic rings. The first-order valence-electron chi connectivity index (χ1n) is 7.12. The molecule has 0 saturated heterocycles.